The van der Waals surface area contributed by atoms with Gasteiger partial charge in [0.2, 0.25) is 11.8 Å². The molecule has 0 spiro atoms. The number of pyridine rings is 2. The molecule has 51 heavy (non-hydrogen) atoms. The molecule has 3 N–H and O–H groups in total. The maximum Gasteiger partial charge on any atom is 0.309 e. The van der Waals surface area contributed by atoms with Crippen LogP contribution in [0.1, 0.15) is 29.7 Å². The van der Waals surface area contributed by atoms with Gasteiger partial charge in [-0.25, -0.2) is 9.97 Å². The Morgan fingerprint density at radius 1 is 1.00 bits per heavy atom. The Morgan fingerprint density at radius 2 is 1.71 bits per heavy atom. The molecule has 1 atom stereocenters. The first-order valence-electron chi connectivity index (χ1n) is 16.7. The molecule has 2 aliphatic heterocycles. The number of ether oxygens (including phenoxy) is 1. The molecule has 0 unspecified atom stereocenters. The number of carbonyl (C=O) groups is 2. The van der Waals surface area contributed by atoms with Gasteiger partial charge in [-0.1, -0.05) is 65.7 Å². The molecule has 2 fully saturated rings. The van der Waals surface area contributed by atoms with E-state index in [4.69, 9.17) is 37.9 Å². The largest absolute Gasteiger partial charge is 0.481 e. The standard InChI is InChI=1S/C38H36Cl2N6O5/c1-21-30(20-45-18-24(19-45)38(49)50)37(48)46-14-13-22(15-32(46)42-21)26-5-3-6-27(34(26)39)28-7-4-8-29(35(28)40)31-11-9-23(36(44-31)51-2)16-41-17-25-10-12-33(47)43-25/h3-9,11,13-15,24-25,41H,10,12,16-20H2,1-2H3,(H,43,47)(H,49,50)/t25-/m0/s1. The van der Waals surface area contributed by atoms with Gasteiger partial charge in [0.15, 0.2) is 0 Å². The average Bonchev–Trinajstić information content (AvgIpc) is 3.52. The van der Waals surface area contributed by atoms with E-state index in [1.54, 1.807) is 20.2 Å². The molecule has 1 amide bonds. The molecule has 13 heteroatoms. The first-order chi connectivity index (χ1) is 24.6. The van der Waals surface area contributed by atoms with Crippen molar-refractivity contribution in [3.05, 3.63) is 104 Å². The lowest BCUT2D eigenvalue weighted by atomic mass is 9.97. The normalized spacial score (nSPS) is 16.3. The van der Waals surface area contributed by atoms with Crippen LogP contribution in [-0.4, -0.2) is 69.0 Å². The van der Waals surface area contributed by atoms with Gasteiger partial charge >= 0.3 is 5.97 Å². The smallest absolute Gasteiger partial charge is 0.309 e. The van der Waals surface area contributed by atoms with Crippen LogP contribution in [0.5, 0.6) is 5.88 Å². The number of aliphatic carboxylic acids is 1. The van der Waals surface area contributed by atoms with Crippen molar-refractivity contribution in [3.8, 4) is 39.4 Å². The molecule has 0 aliphatic carbocycles. The molecule has 5 aromatic rings. The minimum atomic E-state index is -0.817. The first-order valence-corrected chi connectivity index (χ1v) is 17.5. The highest BCUT2D eigenvalue weighted by atomic mass is 35.5. The lowest BCUT2D eigenvalue weighted by Crippen LogP contribution is -2.50. The van der Waals surface area contributed by atoms with Gasteiger partial charge in [0.05, 0.1) is 34.3 Å². The molecule has 2 saturated heterocycles. The number of likely N-dealkylation sites (tertiary alicyclic amines) is 1. The van der Waals surface area contributed by atoms with E-state index in [1.807, 2.05) is 65.6 Å². The number of halogens is 2. The van der Waals surface area contributed by atoms with E-state index in [0.29, 0.717) is 77.7 Å². The number of nitrogens with zero attached hydrogens (tertiary/aromatic N) is 4. The summed E-state index contributed by atoms with van der Waals surface area (Å²) in [7, 11) is 1.58. The SMILES string of the molecule is COc1nc(-c2cccc(-c3cccc(-c4ccn5c(=O)c(CN6CC(C(=O)O)C6)c(C)nc5c4)c3Cl)c2Cl)ccc1CNC[C@@H]1CCC(=O)N1. The topological polar surface area (TPSA) is 138 Å². The van der Waals surface area contributed by atoms with Crippen molar-refractivity contribution >= 4 is 40.7 Å². The van der Waals surface area contributed by atoms with Gasteiger partial charge in [-0.05, 0) is 37.1 Å². The van der Waals surface area contributed by atoms with Crippen molar-refractivity contribution in [3.63, 3.8) is 0 Å². The Kier molecular flexibility index (Phi) is 9.80. The Balaban J connectivity index is 1.14. The molecule has 11 nitrogen and oxygen atoms in total. The molecule has 5 heterocycles. The van der Waals surface area contributed by atoms with E-state index in [0.717, 1.165) is 39.8 Å². The van der Waals surface area contributed by atoms with Crippen molar-refractivity contribution < 1.29 is 19.4 Å². The number of nitrogens with one attached hydrogen (secondary N) is 2. The molecule has 3 aromatic heterocycles. The maximum absolute atomic E-state index is 13.5. The number of hydrogen-bond donors (Lipinski definition) is 3. The van der Waals surface area contributed by atoms with Crippen molar-refractivity contribution in [2.45, 2.75) is 38.9 Å². The predicted octanol–water partition coefficient (Wildman–Crippen LogP) is 5.60. The van der Waals surface area contributed by atoms with E-state index < -0.39 is 11.9 Å². The highest BCUT2D eigenvalue weighted by Gasteiger charge is 2.33. The summed E-state index contributed by atoms with van der Waals surface area (Å²) < 4.78 is 7.15. The fraction of sp³-hybridized carbons (Fsp3) is 0.289. The minimum Gasteiger partial charge on any atom is -0.481 e. The zero-order chi connectivity index (χ0) is 35.8. The number of methoxy groups -OCH3 is 1. The molecule has 2 aromatic carbocycles. The fourth-order valence-electron chi connectivity index (χ4n) is 6.76. The van der Waals surface area contributed by atoms with E-state index in [1.165, 1.54) is 4.40 Å². The molecule has 262 valence electrons. The lowest BCUT2D eigenvalue weighted by Gasteiger charge is -2.36. The van der Waals surface area contributed by atoms with Gasteiger partial charge < -0.3 is 20.5 Å². The van der Waals surface area contributed by atoms with Crippen molar-refractivity contribution in [2.24, 2.45) is 5.92 Å². The van der Waals surface area contributed by atoms with Crippen molar-refractivity contribution in [1.29, 1.82) is 0 Å². The number of benzene rings is 2. The predicted molar refractivity (Wildman–Crippen MR) is 196 cm³/mol. The number of aromatic nitrogens is 3. The number of carboxylic acid groups (broad SMARTS) is 1. The molecule has 0 saturated carbocycles. The third-order valence-corrected chi connectivity index (χ3v) is 10.4. The van der Waals surface area contributed by atoms with Crippen LogP contribution < -0.4 is 20.9 Å². The zero-order valence-electron chi connectivity index (χ0n) is 28.1. The van der Waals surface area contributed by atoms with E-state index in [2.05, 4.69) is 10.6 Å². The second-order valence-corrected chi connectivity index (χ2v) is 13.7. The highest BCUT2D eigenvalue weighted by Crippen LogP contribution is 2.42. The Morgan fingerprint density at radius 3 is 2.39 bits per heavy atom. The Labute approximate surface area is 304 Å². The number of rotatable bonds is 11. The van der Waals surface area contributed by atoms with Crippen LogP contribution in [-0.2, 0) is 22.7 Å². The number of carboxylic acids is 1. The Hall–Kier alpha value is -4.81. The molecule has 2 aliphatic rings. The summed E-state index contributed by atoms with van der Waals surface area (Å²) in [5.41, 5.74) is 6.72. The van der Waals surface area contributed by atoms with Gasteiger partial charge in [0, 0.05) is 84.9 Å². The first kappa shape index (κ1) is 34.6. The molecule has 7 rings (SSSR count). The van der Waals surface area contributed by atoms with Crippen molar-refractivity contribution in [1.82, 2.24) is 29.9 Å². The summed E-state index contributed by atoms with van der Waals surface area (Å²) in [5, 5.41) is 16.5. The number of amides is 1. The monoisotopic (exact) mass is 726 g/mol. The number of fused-ring (bicyclic) bond motifs is 1. The van der Waals surface area contributed by atoms with E-state index >= 15 is 0 Å². The third-order valence-electron chi connectivity index (χ3n) is 9.62. The van der Waals surface area contributed by atoms with Gasteiger partial charge in [0.25, 0.3) is 5.56 Å². The third kappa shape index (κ3) is 6.94. The van der Waals surface area contributed by atoms with Crippen LogP contribution in [0.2, 0.25) is 10.0 Å². The quantitative estimate of drug-likeness (QED) is 0.159. The summed E-state index contributed by atoms with van der Waals surface area (Å²) >= 11 is 14.2. The average molecular weight is 728 g/mol. The molecule has 0 bridgehead atoms. The number of carbonyl (C=O) groups excluding carboxylic acids is 1. The summed E-state index contributed by atoms with van der Waals surface area (Å²) in [6.07, 6.45) is 3.08. The van der Waals surface area contributed by atoms with Gasteiger partial charge in [-0.15, -0.1) is 0 Å². The summed E-state index contributed by atoms with van der Waals surface area (Å²) in [6.45, 7) is 4.18. The van der Waals surface area contributed by atoms with Crippen LogP contribution >= 0.6 is 23.2 Å². The minimum absolute atomic E-state index is 0.0878. The second-order valence-electron chi connectivity index (χ2n) is 13.0. The summed E-state index contributed by atoms with van der Waals surface area (Å²) in [4.78, 5) is 47.6. The lowest BCUT2D eigenvalue weighted by molar-refractivity contribution is -0.147. The maximum atomic E-state index is 13.5. The van der Waals surface area contributed by atoms with Crippen LogP contribution in [0.15, 0.2) is 71.7 Å². The molecular formula is C38H36Cl2N6O5. The number of hydrogen-bond acceptors (Lipinski definition) is 8. The second kappa shape index (κ2) is 14.4. The summed E-state index contributed by atoms with van der Waals surface area (Å²) in [6, 6.07) is 19.1. The van der Waals surface area contributed by atoms with Gasteiger partial charge in [-0.3, -0.25) is 23.7 Å². The Bertz CT molecular complexity index is 2240. The summed E-state index contributed by atoms with van der Waals surface area (Å²) in [5.74, 6) is -0.648. The zero-order valence-corrected chi connectivity index (χ0v) is 29.6. The van der Waals surface area contributed by atoms with Crippen LogP contribution in [0.25, 0.3) is 39.2 Å². The fourth-order valence-corrected chi connectivity index (χ4v) is 7.42. The number of aryl methyl sites for hydroxylation is 1. The molecular weight excluding hydrogens is 691 g/mol. The van der Waals surface area contributed by atoms with Gasteiger partial charge in [-0.2, -0.15) is 0 Å². The molecule has 0 radical (unpaired) electrons. The van der Waals surface area contributed by atoms with Crippen LogP contribution in [0.4, 0.5) is 0 Å². The van der Waals surface area contributed by atoms with Crippen molar-refractivity contribution in [2.75, 3.05) is 26.7 Å². The van der Waals surface area contributed by atoms with Crippen LogP contribution in [0.3, 0.4) is 0 Å². The highest BCUT2D eigenvalue weighted by molar-refractivity contribution is 6.39. The van der Waals surface area contributed by atoms with E-state index in [-0.39, 0.29) is 17.5 Å². The van der Waals surface area contributed by atoms with E-state index in [9.17, 15) is 19.5 Å². The van der Waals surface area contributed by atoms with Crippen LogP contribution in [0, 0.1) is 12.8 Å². The van der Waals surface area contributed by atoms with Gasteiger partial charge in [0.1, 0.15) is 5.65 Å².